The maximum absolute atomic E-state index is 13.0. The van der Waals surface area contributed by atoms with E-state index >= 15 is 0 Å². The molecule has 0 aliphatic carbocycles. The Morgan fingerprint density at radius 1 is 1.27 bits per heavy atom. The Balaban J connectivity index is 0.00000338. The fourth-order valence-electron chi connectivity index (χ4n) is 2.28. The Morgan fingerprint density at radius 3 is 2.46 bits per heavy atom. The van der Waals surface area contributed by atoms with Crippen LogP contribution in [0.25, 0.3) is 0 Å². The highest BCUT2D eigenvalue weighted by atomic mass is 127. The maximum atomic E-state index is 13.0. The molecule has 0 bridgehead atoms. The zero-order chi connectivity index (χ0) is 18.4. The van der Waals surface area contributed by atoms with E-state index in [1.165, 1.54) is 12.1 Å². The van der Waals surface area contributed by atoms with Gasteiger partial charge >= 0.3 is 0 Å². The first-order valence-corrected chi connectivity index (χ1v) is 8.48. The summed E-state index contributed by atoms with van der Waals surface area (Å²) in [5.41, 5.74) is 0.944. The third-order valence-electron chi connectivity index (χ3n) is 3.69. The van der Waals surface area contributed by atoms with E-state index in [1.807, 2.05) is 18.9 Å². The number of benzene rings is 1. The normalized spacial score (nSPS) is 11.8. The lowest BCUT2D eigenvalue weighted by atomic mass is 9.94. The number of halogens is 2. The lowest BCUT2D eigenvalue weighted by Crippen LogP contribution is -2.38. The largest absolute Gasteiger partial charge is 0.443 e. The molecule has 144 valence electrons. The standard InChI is InChI=1S/C19H27FN4O.HI/c1-6-21-18(24(5)13-14-7-9-15(20)10-8-14)23-12-17-22-11-16(25-17)19(2,3)4;/h7-11H,6,12-13H2,1-5H3,(H,21,23);1H. The van der Waals surface area contributed by atoms with Crippen molar-refractivity contribution in [1.82, 2.24) is 15.2 Å². The molecular formula is C19H28FIN4O. The summed E-state index contributed by atoms with van der Waals surface area (Å²) in [6.07, 6.45) is 1.76. The minimum atomic E-state index is -0.231. The molecule has 1 aromatic carbocycles. The van der Waals surface area contributed by atoms with Gasteiger partial charge < -0.3 is 14.6 Å². The van der Waals surface area contributed by atoms with Crippen LogP contribution in [-0.4, -0.2) is 29.4 Å². The Kier molecular flexibility index (Phi) is 8.52. The summed E-state index contributed by atoms with van der Waals surface area (Å²) in [5.74, 6) is 1.96. The van der Waals surface area contributed by atoms with Gasteiger partial charge in [-0.1, -0.05) is 32.9 Å². The number of nitrogens with one attached hydrogen (secondary N) is 1. The molecule has 26 heavy (non-hydrogen) atoms. The molecule has 0 amide bonds. The van der Waals surface area contributed by atoms with Crippen molar-refractivity contribution in [3.05, 3.63) is 53.5 Å². The zero-order valence-corrected chi connectivity index (χ0v) is 18.4. The summed E-state index contributed by atoms with van der Waals surface area (Å²) in [4.78, 5) is 10.9. The Hall–Kier alpha value is -1.64. The summed E-state index contributed by atoms with van der Waals surface area (Å²) in [7, 11) is 1.95. The predicted molar refractivity (Wildman–Crippen MR) is 113 cm³/mol. The molecule has 2 rings (SSSR count). The third kappa shape index (κ3) is 6.59. The van der Waals surface area contributed by atoms with Crippen LogP contribution in [0.2, 0.25) is 0 Å². The first-order valence-electron chi connectivity index (χ1n) is 8.48. The molecule has 2 aromatic rings. The average Bonchev–Trinajstić information content (AvgIpc) is 3.02. The van der Waals surface area contributed by atoms with Crippen LogP contribution in [0.1, 0.15) is 44.9 Å². The highest BCUT2D eigenvalue weighted by Gasteiger charge is 2.19. The van der Waals surface area contributed by atoms with Crippen molar-refractivity contribution in [3.63, 3.8) is 0 Å². The van der Waals surface area contributed by atoms with E-state index in [0.29, 0.717) is 19.0 Å². The van der Waals surface area contributed by atoms with Gasteiger partial charge in [0.05, 0.1) is 6.20 Å². The van der Waals surface area contributed by atoms with Crippen molar-refractivity contribution < 1.29 is 8.81 Å². The van der Waals surface area contributed by atoms with E-state index in [2.05, 4.69) is 36.1 Å². The van der Waals surface area contributed by atoms with Crippen LogP contribution >= 0.6 is 24.0 Å². The van der Waals surface area contributed by atoms with E-state index in [0.717, 1.165) is 23.8 Å². The maximum Gasteiger partial charge on any atom is 0.216 e. The number of aliphatic imine (C=N–C) groups is 1. The van der Waals surface area contributed by atoms with Gasteiger partial charge in [-0.05, 0) is 24.6 Å². The highest BCUT2D eigenvalue weighted by Crippen LogP contribution is 2.22. The molecule has 0 saturated heterocycles. The molecule has 0 spiro atoms. The van der Waals surface area contributed by atoms with Crippen molar-refractivity contribution in [2.75, 3.05) is 13.6 Å². The fraction of sp³-hybridized carbons (Fsp3) is 0.474. The molecule has 5 nitrogen and oxygen atoms in total. The monoisotopic (exact) mass is 474 g/mol. The second kappa shape index (κ2) is 9.89. The second-order valence-electron chi connectivity index (χ2n) is 7.02. The lowest BCUT2D eigenvalue weighted by molar-refractivity contribution is 0.382. The SMILES string of the molecule is CCNC(=NCc1ncc(C(C)(C)C)o1)N(C)Cc1ccc(F)cc1.I. The number of guanidine groups is 1. The van der Waals surface area contributed by atoms with Crippen LogP contribution in [0, 0.1) is 5.82 Å². The fourth-order valence-corrected chi connectivity index (χ4v) is 2.28. The quantitative estimate of drug-likeness (QED) is 0.399. The first kappa shape index (κ1) is 22.4. The van der Waals surface area contributed by atoms with Gasteiger partial charge in [-0.2, -0.15) is 0 Å². The number of aromatic nitrogens is 1. The summed E-state index contributed by atoms with van der Waals surface area (Å²) in [6, 6.07) is 6.49. The van der Waals surface area contributed by atoms with Gasteiger partial charge in [0.2, 0.25) is 5.89 Å². The number of rotatable bonds is 5. The first-order chi connectivity index (χ1) is 11.8. The zero-order valence-electron chi connectivity index (χ0n) is 16.0. The minimum Gasteiger partial charge on any atom is -0.443 e. The van der Waals surface area contributed by atoms with Crippen LogP contribution in [0.3, 0.4) is 0 Å². The van der Waals surface area contributed by atoms with Gasteiger partial charge in [-0.15, -0.1) is 24.0 Å². The van der Waals surface area contributed by atoms with E-state index < -0.39 is 0 Å². The van der Waals surface area contributed by atoms with Crippen molar-refractivity contribution in [1.29, 1.82) is 0 Å². The minimum absolute atomic E-state index is 0. The molecule has 1 aromatic heterocycles. The molecule has 0 atom stereocenters. The van der Waals surface area contributed by atoms with Gasteiger partial charge in [-0.3, -0.25) is 0 Å². The molecule has 1 N–H and O–H groups in total. The molecule has 0 aliphatic heterocycles. The third-order valence-corrected chi connectivity index (χ3v) is 3.69. The van der Waals surface area contributed by atoms with E-state index in [-0.39, 0.29) is 35.2 Å². The average molecular weight is 474 g/mol. The van der Waals surface area contributed by atoms with Crippen LogP contribution in [0.5, 0.6) is 0 Å². The van der Waals surface area contributed by atoms with Gasteiger partial charge in [0.25, 0.3) is 0 Å². The van der Waals surface area contributed by atoms with Gasteiger partial charge in [0, 0.05) is 25.6 Å². The molecule has 0 saturated carbocycles. The molecule has 7 heteroatoms. The summed E-state index contributed by atoms with van der Waals surface area (Å²) in [6.45, 7) is 10.0. The molecule has 0 aliphatic rings. The van der Waals surface area contributed by atoms with Crippen LogP contribution in [-0.2, 0) is 18.5 Å². The second-order valence-corrected chi connectivity index (χ2v) is 7.02. The van der Waals surface area contributed by atoms with Crippen molar-refractivity contribution in [3.8, 4) is 0 Å². The smallest absolute Gasteiger partial charge is 0.216 e. The van der Waals surface area contributed by atoms with E-state index in [1.54, 1.807) is 18.3 Å². The molecule has 0 fully saturated rings. The summed E-state index contributed by atoms with van der Waals surface area (Å²) in [5, 5.41) is 3.25. The number of nitrogens with zero attached hydrogens (tertiary/aromatic N) is 3. The molecule has 0 unspecified atom stereocenters. The van der Waals surface area contributed by atoms with Crippen LogP contribution < -0.4 is 5.32 Å². The van der Waals surface area contributed by atoms with E-state index in [4.69, 9.17) is 4.42 Å². The number of oxazole rings is 1. The number of hydrogen-bond donors (Lipinski definition) is 1. The molecule has 1 heterocycles. The van der Waals surface area contributed by atoms with Crippen molar-refractivity contribution >= 4 is 29.9 Å². The molecular weight excluding hydrogens is 446 g/mol. The Bertz CT molecular complexity index is 707. The van der Waals surface area contributed by atoms with Crippen LogP contribution in [0.15, 0.2) is 39.9 Å². The highest BCUT2D eigenvalue weighted by molar-refractivity contribution is 14.0. The van der Waals surface area contributed by atoms with Gasteiger partial charge in [0.15, 0.2) is 5.96 Å². The Morgan fingerprint density at radius 2 is 1.92 bits per heavy atom. The van der Waals surface area contributed by atoms with Crippen molar-refractivity contribution in [2.24, 2.45) is 4.99 Å². The summed E-state index contributed by atoms with van der Waals surface area (Å²) >= 11 is 0. The van der Waals surface area contributed by atoms with Gasteiger partial charge in [0.1, 0.15) is 18.1 Å². The number of hydrogen-bond acceptors (Lipinski definition) is 3. The predicted octanol–water partition coefficient (Wildman–Crippen LogP) is 4.33. The van der Waals surface area contributed by atoms with E-state index in [9.17, 15) is 4.39 Å². The van der Waals surface area contributed by atoms with Crippen LogP contribution in [0.4, 0.5) is 4.39 Å². The topological polar surface area (TPSA) is 53.7 Å². The Labute approximate surface area is 172 Å². The molecule has 0 radical (unpaired) electrons. The van der Waals surface area contributed by atoms with Gasteiger partial charge in [-0.25, -0.2) is 14.4 Å². The van der Waals surface area contributed by atoms with Crippen molar-refractivity contribution in [2.45, 2.75) is 46.2 Å². The lowest BCUT2D eigenvalue weighted by Gasteiger charge is -2.22. The summed E-state index contributed by atoms with van der Waals surface area (Å²) < 4.78 is 18.8.